The zero-order valence-corrected chi connectivity index (χ0v) is 22.2. The van der Waals surface area contributed by atoms with Crippen LogP contribution in [0, 0.1) is 68.5 Å². The van der Waals surface area contributed by atoms with Gasteiger partial charge in [-0.2, -0.15) is 5.26 Å². The van der Waals surface area contributed by atoms with Crippen LogP contribution >= 0.6 is 0 Å². The summed E-state index contributed by atoms with van der Waals surface area (Å²) in [6, 6.07) is 2.58. The van der Waals surface area contributed by atoms with Crippen molar-refractivity contribution in [2.45, 2.75) is 106 Å². The Kier molecular flexibility index (Phi) is 5.84. The lowest BCUT2D eigenvalue weighted by Crippen LogP contribution is -2.63. The molecule has 4 aliphatic rings. The molecule has 0 N–H and O–H groups in total. The summed E-state index contributed by atoms with van der Waals surface area (Å²) in [6.45, 7) is 26.2. The smallest absolute Gasteiger partial charge is 0.0653 e. The highest BCUT2D eigenvalue weighted by atomic mass is 14.7. The first-order chi connectivity index (χ1) is 14.8. The van der Waals surface area contributed by atoms with E-state index in [4.69, 9.17) is 0 Å². The molecule has 0 saturated heterocycles. The molecule has 1 heteroatoms. The predicted molar refractivity (Wildman–Crippen MR) is 136 cm³/mol. The Hall–Kier alpha value is -1.03. The van der Waals surface area contributed by atoms with Crippen LogP contribution < -0.4 is 0 Å². The quantitative estimate of drug-likeness (QED) is 0.404. The van der Waals surface area contributed by atoms with Crippen molar-refractivity contribution >= 4 is 0 Å². The van der Waals surface area contributed by atoms with E-state index in [0.29, 0.717) is 28.1 Å². The van der Waals surface area contributed by atoms with Gasteiger partial charge in [-0.15, -0.1) is 0 Å². The number of hydrogen-bond acceptors (Lipinski definition) is 1. The zero-order chi connectivity index (χ0) is 23.7. The van der Waals surface area contributed by atoms with E-state index in [1.807, 2.05) is 0 Å². The van der Waals surface area contributed by atoms with Gasteiger partial charge in [-0.25, -0.2) is 0 Å². The van der Waals surface area contributed by atoms with Gasteiger partial charge in [-0.3, -0.25) is 0 Å². The molecule has 32 heavy (non-hydrogen) atoms. The monoisotopic (exact) mass is 435 g/mol. The Bertz CT molecular complexity index is 832. The summed E-state index contributed by atoms with van der Waals surface area (Å²) in [5, 5.41) is 9.73. The standard InChI is InChI=1S/C31H49N/c1-20(2)23-12-14-28(6)16-17-30(8)25(27(23)28)10-11-26-29(7,18-22(5)19-32)24(21(3)4)13-15-31(26,30)9/h22-27H,1,3,10-18H2,2,4-9H3/t22?,23-,24-,25+,26+,27+,28+,29-,30+,31+/m0/s1. The van der Waals surface area contributed by atoms with Crippen molar-refractivity contribution in [2.24, 2.45) is 57.2 Å². The molecular weight excluding hydrogens is 386 g/mol. The van der Waals surface area contributed by atoms with E-state index in [0.717, 1.165) is 24.2 Å². The third-order valence-electron chi connectivity index (χ3n) is 12.3. The maximum atomic E-state index is 9.73. The van der Waals surface area contributed by atoms with Crippen LogP contribution in [-0.2, 0) is 0 Å². The second-order valence-corrected chi connectivity index (χ2v) is 13.9. The molecule has 0 aromatic carbocycles. The fraction of sp³-hybridized carbons (Fsp3) is 0.839. The Morgan fingerprint density at radius 1 is 0.906 bits per heavy atom. The van der Waals surface area contributed by atoms with Gasteiger partial charge in [0.25, 0.3) is 0 Å². The topological polar surface area (TPSA) is 23.8 Å². The summed E-state index contributed by atoms with van der Waals surface area (Å²) >= 11 is 0. The predicted octanol–water partition coefficient (Wildman–Crippen LogP) is 8.97. The van der Waals surface area contributed by atoms with Gasteiger partial charge in [0.1, 0.15) is 0 Å². The summed E-state index contributed by atoms with van der Waals surface area (Å²) < 4.78 is 0. The molecule has 178 valence electrons. The van der Waals surface area contributed by atoms with Crippen molar-refractivity contribution in [3.63, 3.8) is 0 Å². The van der Waals surface area contributed by atoms with Crippen molar-refractivity contribution in [1.82, 2.24) is 0 Å². The molecule has 4 saturated carbocycles. The normalized spacial score (nSPS) is 51.0. The molecule has 0 heterocycles. The molecule has 0 radical (unpaired) electrons. The fourth-order valence-electron chi connectivity index (χ4n) is 10.7. The SMILES string of the molecule is C=C(C)[C@@H]1CC[C@]2(C)CC[C@]3(C)[C@H](CC[C@@H]4[C@@](C)(CC(C)C#N)[C@H](C(=C)C)CC[C@]43C)[C@@H]12. The van der Waals surface area contributed by atoms with Gasteiger partial charge in [0.2, 0.25) is 0 Å². The minimum Gasteiger partial charge on any atom is -0.198 e. The second kappa shape index (κ2) is 7.75. The second-order valence-electron chi connectivity index (χ2n) is 13.9. The number of fused-ring (bicyclic) bond motifs is 5. The highest BCUT2D eigenvalue weighted by Crippen LogP contribution is 2.76. The van der Waals surface area contributed by atoms with E-state index in [-0.39, 0.29) is 11.3 Å². The first-order valence-corrected chi connectivity index (χ1v) is 13.5. The highest BCUT2D eigenvalue weighted by Gasteiger charge is 2.68. The first kappa shape index (κ1) is 24.1. The van der Waals surface area contributed by atoms with E-state index >= 15 is 0 Å². The van der Waals surface area contributed by atoms with E-state index in [1.54, 1.807) is 0 Å². The average molecular weight is 436 g/mol. The lowest BCUT2D eigenvalue weighted by atomic mass is 9.34. The maximum absolute atomic E-state index is 9.73. The van der Waals surface area contributed by atoms with Crippen LogP contribution in [0.15, 0.2) is 24.3 Å². The van der Waals surface area contributed by atoms with E-state index < -0.39 is 0 Å². The Morgan fingerprint density at radius 2 is 1.59 bits per heavy atom. The summed E-state index contributed by atoms with van der Waals surface area (Å²) in [7, 11) is 0. The lowest BCUT2D eigenvalue weighted by molar-refractivity contribution is -0.214. The molecule has 0 bridgehead atoms. The number of nitrogens with zero attached hydrogens (tertiary/aromatic N) is 1. The Balaban J connectivity index is 1.77. The van der Waals surface area contributed by atoms with E-state index in [1.165, 1.54) is 62.5 Å². The summed E-state index contributed by atoms with van der Waals surface area (Å²) in [5.41, 5.74) is 4.25. The molecule has 4 rings (SSSR count). The lowest BCUT2D eigenvalue weighted by Gasteiger charge is -2.71. The minimum absolute atomic E-state index is 0.118. The van der Waals surface area contributed by atoms with Gasteiger partial charge in [0.05, 0.1) is 6.07 Å². The fourth-order valence-corrected chi connectivity index (χ4v) is 10.7. The first-order valence-electron chi connectivity index (χ1n) is 13.5. The summed E-state index contributed by atoms with van der Waals surface area (Å²) in [6.07, 6.45) is 11.9. The highest BCUT2D eigenvalue weighted by molar-refractivity contribution is 5.22. The Labute approximate surface area is 199 Å². The summed E-state index contributed by atoms with van der Waals surface area (Å²) in [4.78, 5) is 0. The molecule has 10 atom stereocenters. The number of hydrogen-bond donors (Lipinski definition) is 0. The third kappa shape index (κ3) is 3.14. The number of allylic oxidation sites excluding steroid dienone is 2. The minimum atomic E-state index is 0.118. The van der Waals surface area contributed by atoms with Gasteiger partial charge in [-0.1, -0.05) is 52.0 Å². The van der Waals surface area contributed by atoms with Crippen LogP contribution in [0.2, 0.25) is 0 Å². The Morgan fingerprint density at radius 3 is 2.19 bits per heavy atom. The molecule has 1 unspecified atom stereocenters. The van der Waals surface area contributed by atoms with Gasteiger partial charge in [0, 0.05) is 5.92 Å². The molecular formula is C31H49N. The molecule has 1 nitrogen and oxygen atoms in total. The van der Waals surface area contributed by atoms with Gasteiger partial charge < -0.3 is 0 Å². The van der Waals surface area contributed by atoms with Crippen molar-refractivity contribution in [2.75, 3.05) is 0 Å². The molecule has 0 aromatic heterocycles. The third-order valence-corrected chi connectivity index (χ3v) is 12.3. The van der Waals surface area contributed by atoms with Crippen LogP contribution in [0.25, 0.3) is 0 Å². The molecule has 4 fully saturated rings. The molecule has 0 aromatic rings. The van der Waals surface area contributed by atoms with Crippen molar-refractivity contribution in [3.05, 3.63) is 24.3 Å². The van der Waals surface area contributed by atoms with Crippen LogP contribution in [-0.4, -0.2) is 0 Å². The van der Waals surface area contributed by atoms with Crippen molar-refractivity contribution in [1.29, 1.82) is 5.26 Å². The van der Waals surface area contributed by atoms with E-state index in [9.17, 15) is 5.26 Å². The maximum Gasteiger partial charge on any atom is 0.0653 e. The van der Waals surface area contributed by atoms with Crippen LogP contribution in [0.1, 0.15) is 106 Å². The van der Waals surface area contributed by atoms with E-state index in [2.05, 4.69) is 67.7 Å². The molecule has 0 amide bonds. The van der Waals surface area contributed by atoms with Crippen LogP contribution in [0.4, 0.5) is 0 Å². The van der Waals surface area contributed by atoms with Crippen molar-refractivity contribution < 1.29 is 0 Å². The number of rotatable bonds is 4. The number of nitriles is 1. The van der Waals surface area contributed by atoms with Gasteiger partial charge in [0.15, 0.2) is 0 Å². The zero-order valence-electron chi connectivity index (χ0n) is 22.2. The largest absolute Gasteiger partial charge is 0.198 e. The van der Waals surface area contributed by atoms with Gasteiger partial charge >= 0.3 is 0 Å². The van der Waals surface area contributed by atoms with Crippen molar-refractivity contribution in [3.8, 4) is 6.07 Å². The molecule has 0 spiro atoms. The molecule has 4 aliphatic carbocycles. The molecule has 0 aliphatic heterocycles. The average Bonchev–Trinajstić information content (AvgIpc) is 3.06. The van der Waals surface area contributed by atoms with Crippen LogP contribution in [0.3, 0.4) is 0 Å². The van der Waals surface area contributed by atoms with Gasteiger partial charge in [-0.05, 0) is 130 Å². The van der Waals surface area contributed by atoms with Crippen LogP contribution in [0.5, 0.6) is 0 Å². The summed E-state index contributed by atoms with van der Waals surface area (Å²) in [5.74, 6) is 3.73.